The summed E-state index contributed by atoms with van der Waals surface area (Å²) in [6.07, 6.45) is 2.79. The molecule has 0 radical (unpaired) electrons. The molecule has 2 aromatic rings. The van der Waals surface area contributed by atoms with Crippen molar-refractivity contribution in [3.05, 3.63) is 20.7 Å². The van der Waals surface area contributed by atoms with Gasteiger partial charge in [-0.3, -0.25) is 0 Å². The van der Waals surface area contributed by atoms with Gasteiger partial charge in [0.1, 0.15) is 5.82 Å². The van der Waals surface area contributed by atoms with Crippen LogP contribution in [0.1, 0.15) is 17.6 Å². The Labute approximate surface area is 89.2 Å². The highest BCUT2D eigenvalue weighted by Crippen LogP contribution is 2.33. The number of hydrogen-bond donors (Lipinski definition) is 0. The molecule has 68 valence electrons. The number of fused-ring (bicyclic) bond motifs is 1. The van der Waals surface area contributed by atoms with E-state index in [0.29, 0.717) is 0 Å². The summed E-state index contributed by atoms with van der Waals surface area (Å²) in [6.45, 7) is 4.15. The van der Waals surface area contributed by atoms with Gasteiger partial charge in [-0.2, -0.15) is 0 Å². The van der Waals surface area contributed by atoms with E-state index in [0.717, 1.165) is 26.9 Å². The average molecular weight is 257 g/mol. The first kappa shape index (κ1) is 9.09. The molecule has 0 unspecified atom stereocenters. The molecule has 2 nitrogen and oxygen atoms in total. The average Bonchev–Trinajstić information content (AvgIpc) is 2.42. The van der Waals surface area contributed by atoms with E-state index < -0.39 is 0 Å². The van der Waals surface area contributed by atoms with Gasteiger partial charge in [0, 0.05) is 22.9 Å². The normalized spacial score (nSPS) is 11.0. The largest absolute Gasteiger partial charge is 0.241 e. The Kier molecular flexibility index (Phi) is 2.34. The molecule has 0 aliphatic carbocycles. The summed E-state index contributed by atoms with van der Waals surface area (Å²) in [5.41, 5.74) is 1.09. The molecule has 2 heterocycles. The van der Waals surface area contributed by atoms with Crippen molar-refractivity contribution >= 4 is 38.2 Å². The maximum absolute atomic E-state index is 4.48. The fraction of sp³-hybridized carbons (Fsp3) is 0.333. The van der Waals surface area contributed by atoms with Crippen LogP contribution in [0, 0.1) is 6.92 Å². The third-order valence-electron chi connectivity index (χ3n) is 1.94. The summed E-state index contributed by atoms with van der Waals surface area (Å²) in [7, 11) is 0. The van der Waals surface area contributed by atoms with Crippen LogP contribution in [0.4, 0.5) is 0 Å². The first-order valence-corrected chi connectivity index (χ1v) is 5.74. The monoisotopic (exact) mass is 256 g/mol. The minimum Gasteiger partial charge on any atom is -0.241 e. The zero-order valence-corrected chi connectivity index (χ0v) is 9.87. The summed E-state index contributed by atoms with van der Waals surface area (Å²) in [6, 6.07) is 0. The Hall–Kier alpha value is -0.480. The molecule has 13 heavy (non-hydrogen) atoms. The summed E-state index contributed by atoms with van der Waals surface area (Å²) >= 11 is 5.22. The van der Waals surface area contributed by atoms with Crippen LogP contribution in [0.3, 0.4) is 0 Å². The molecule has 0 atom stereocenters. The van der Waals surface area contributed by atoms with Crippen molar-refractivity contribution in [2.24, 2.45) is 0 Å². The highest BCUT2D eigenvalue weighted by molar-refractivity contribution is 9.11. The summed E-state index contributed by atoms with van der Waals surface area (Å²) in [5.74, 6) is 0.918. The number of rotatable bonds is 1. The van der Waals surface area contributed by atoms with Gasteiger partial charge < -0.3 is 0 Å². The first-order chi connectivity index (χ1) is 6.22. The van der Waals surface area contributed by atoms with Crippen molar-refractivity contribution in [2.45, 2.75) is 20.3 Å². The summed E-state index contributed by atoms with van der Waals surface area (Å²) in [4.78, 5) is 10.00. The Bertz CT molecular complexity index is 450. The quantitative estimate of drug-likeness (QED) is 0.783. The number of aromatic nitrogens is 2. The van der Waals surface area contributed by atoms with E-state index in [2.05, 4.69) is 39.7 Å². The molecule has 0 aliphatic heterocycles. The van der Waals surface area contributed by atoms with E-state index in [4.69, 9.17) is 0 Å². The van der Waals surface area contributed by atoms with Crippen LogP contribution in [-0.2, 0) is 6.42 Å². The van der Waals surface area contributed by atoms with Crippen LogP contribution in [0.5, 0.6) is 0 Å². The molecule has 4 heteroatoms. The van der Waals surface area contributed by atoms with Gasteiger partial charge in [-0.25, -0.2) is 9.97 Å². The third-order valence-corrected chi connectivity index (χ3v) is 3.75. The molecule has 0 bridgehead atoms. The van der Waals surface area contributed by atoms with Gasteiger partial charge in [-0.05, 0) is 22.9 Å². The van der Waals surface area contributed by atoms with Crippen LogP contribution in [0.25, 0.3) is 10.9 Å². The maximum atomic E-state index is 4.48. The van der Waals surface area contributed by atoms with Gasteiger partial charge in [0.2, 0.25) is 0 Å². The smallest absolute Gasteiger partial charge is 0.128 e. The Morgan fingerprint density at radius 2 is 2.31 bits per heavy atom. The number of aryl methyl sites for hydroxylation is 2. The number of thiophene rings is 1. The first-order valence-electron chi connectivity index (χ1n) is 4.13. The van der Waals surface area contributed by atoms with Crippen LogP contribution in [0.2, 0.25) is 0 Å². The van der Waals surface area contributed by atoms with Crippen molar-refractivity contribution in [1.82, 2.24) is 9.97 Å². The molecular formula is C9H9BrN2S. The second-order valence-electron chi connectivity index (χ2n) is 2.83. The fourth-order valence-electron chi connectivity index (χ4n) is 1.24. The highest BCUT2D eigenvalue weighted by Gasteiger charge is 2.08. The minimum atomic E-state index is 0.892. The molecule has 0 saturated heterocycles. The lowest BCUT2D eigenvalue weighted by molar-refractivity contribution is 0.961. The molecular weight excluding hydrogens is 248 g/mol. The van der Waals surface area contributed by atoms with Crippen LogP contribution < -0.4 is 0 Å². The van der Waals surface area contributed by atoms with Crippen molar-refractivity contribution in [1.29, 1.82) is 0 Å². The van der Waals surface area contributed by atoms with Gasteiger partial charge in [0.05, 0.1) is 9.30 Å². The lowest BCUT2D eigenvalue weighted by Gasteiger charge is -1.95. The Morgan fingerprint density at radius 1 is 1.54 bits per heavy atom. The lowest BCUT2D eigenvalue weighted by atomic mass is 10.3. The summed E-state index contributed by atoms with van der Waals surface area (Å²) < 4.78 is 1.13. The molecule has 0 saturated carbocycles. The van der Waals surface area contributed by atoms with Crippen molar-refractivity contribution in [2.75, 3.05) is 0 Å². The maximum Gasteiger partial charge on any atom is 0.128 e. The third kappa shape index (κ3) is 1.48. The van der Waals surface area contributed by atoms with Crippen LogP contribution in [0.15, 0.2) is 9.98 Å². The predicted octanol–water partition coefficient (Wildman–Crippen LogP) is 3.32. The molecule has 0 fully saturated rings. The van der Waals surface area contributed by atoms with Crippen LogP contribution in [-0.4, -0.2) is 9.97 Å². The zero-order chi connectivity index (χ0) is 9.42. The van der Waals surface area contributed by atoms with Crippen molar-refractivity contribution in [3.8, 4) is 0 Å². The predicted molar refractivity (Wildman–Crippen MR) is 59.2 cm³/mol. The Morgan fingerprint density at radius 3 is 3.00 bits per heavy atom. The van der Waals surface area contributed by atoms with E-state index in [9.17, 15) is 0 Å². The van der Waals surface area contributed by atoms with Crippen LogP contribution >= 0.6 is 27.3 Å². The fourth-order valence-corrected chi connectivity index (χ4v) is 3.04. The molecule has 0 aliphatic rings. The van der Waals surface area contributed by atoms with Crippen molar-refractivity contribution in [3.63, 3.8) is 0 Å². The van der Waals surface area contributed by atoms with E-state index in [1.165, 1.54) is 4.88 Å². The highest BCUT2D eigenvalue weighted by atomic mass is 79.9. The van der Waals surface area contributed by atoms with Crippen molar-refractivity contribution < 1.29 is 0 Å². The van der Waals surface area contributed by atoms with E-state index >= 15 is 0 Å². The summed E-state index contributed by atoms with van der Waals surface area (Å²) in [5, 5.41) is 1.12. The van der Waals surface area contributed by atoms with E-state index in [1.54, 1.807) is 11.3 Å². The van der Waals surface area contributed by atoms with Gasteiger partial charge >= 0.3 is 0 Å². The van der Waals surface area contributed by atoms with E-state index in [-0.39, 0.29) is 0 Å². The SMILES string of the molecule is CCc1ncc2c(Br)sc(C)c2n1. The lowest BCUT2D eigenvalue weighted by Crippen LogP contribution is -1.91. The van der Waals surface area contributed by atoms with Gasteiger partial charge in [-0.15, -0.1) is 11.3 Å². The molecule has 2 rings (SSSR count). The standard InChI is InChI=1S/C9H9BrN2S/c1-3-7-11-4-6-8(12-7)5(2)13-9(6)10/h4H,3H2,1-2H3. The van der Waals surface area contributed by atoms with Gasteiger partial charge in [0.25, 0.3) is 0 Å². The molecule has 0 N–H and O–H groups in total. The van der Waals surface area contributed by atoms with Gasteiger partial charge in [0.15, 0.2) is 0 Å². The Balaban J connectivity index is 2.76. The number of hydrogen-bond acceptors (Lipinski definition) is 3. The second-order valence-corrected chi connectivity index (χ2v) is 5.38. The van der Waals surface area contributed by atoms with Gasteiger partial charge in [-0.1, -0.05) is 6.92 Å². The minimum absolute atomic E-state index is 0.892. The topological polar surface area (TPSA) is 25.8 Å². The number of nitrogens with zero attached hydrogens (tertiary/aromatic N) is 2. The number of halogens is 1. The molecule has 0 spiro atoms. The molecule has 0 aromatic carbocycles. The zero-order valence-electron chi connectivity index (χ0n) is 7.47. The molecule has 0 amide bonds. The second kappa shape index (κ2) is 3.35. The van der Waals surface area contributed by atoms with E-state index in [1.807, 2.05) is 6.20 Å². The molecule has 2 aromatic heterocycles.